The van der Waals surface area contributed by atoms with Gasteiger partial charge in [-0.1, -0.05) is 18.2 Å². The normalized spacial score (nSPS) is 19.8. The van der Waals surface area contributed by atoms with Gasteiger partial charge in [0.15, 0.2) is 17.3 Å². The van der Waals surface area contributed by atoms with Crippen LogP contribution < -0.4 is 20.3 Å². The van der Waals surface area contributed by atoms with Gasteiger partial charge in [-0.3, -0.25) is 19.8 Å². The second kappa shape index (κ2) is 7.71. The molecule has 0 saturated heterocycles. The van der Waals surface area contributed by atoms with Crippen molar-refractivity contribution in [1.29, 1.82) is 0 Å². The molecule has 0 saturated carbocycles. The predicted octanol–water partition coefficient (Wildman–Crippen LogP) is 3.82. The fourth-order valence-corrected chi connectivity index (χ4v) is 4.75. The Morgan fingerprint density at radius 3 is 2.34 bits per heavy atom. The van der Waals surface area contributed by atoms with Crippen LogP contribution in [0.1, 0.15) is 41.4 Å². The highest BCUT2D eigenvalue weighted by Gasteiger charge is 2.40. The van der Waals surface area contributed by atoms with Crippen molar-refractivity contribution in [3.63, 3.8) is 0 Å². The first-order valence-electron chi connectivity index (χ1n) is 10.3. The lowest BCUT2D eigenvalue weighted by Gasteiger charge is -2.34. The molecule has 0 amide bonds. The topological polar surface area (TPSA) is 96.2 Å². The Morgan fingerprint density at radius 2 is 1.62 bits per heavy atom. The number of carbonyl (C=O) groups excluding carboxylic acids is 1. The molecule has 2 atom stereocenters. The van der Waals surface area contributed by atoms with E-state index < -0.39 is 5.92 Å². The van der Waals surface area contributed by atoms with Crippen molar-refractivity contribution in [3.8, 4) is 11.5 Å². The number of aromatic amines is 2. The van der Waals surface area contributed by atoms with Gasteiger partial charge in [-0.25, -0.2) is 4.39 Å². The molecule has 1 aromatic heterocycles. The van der Waals surface area contributed by atoms with E-state index in [1.807, 2.05) is 18.2 Å². The molecule has 5 rings (SSSR count). The van der Waals surface area contributed by atoms with Crippen LogP contribution in [0.15, 0.2) is 58.5 Å². The third kappa shape index (κ3) is 3.19. The van der Waals surface area contributed by atoms with E-state index in [9.17, 15) is 14.0 Å². The summed E-state index contributed by atoms with van der Waals surface area (Å²) in [6.07, 6.45) is 0.881. The molecular weight excluding hydrogens is 413 g/mol. The lowest BCUT2D eigenvalue weighted by atomic mass is 9.73. The predicted molar refractivity (Wildman–Crippen MR) is 117 cm³/mol. The van der Waals surface area contributed by atoms with Crippen LogP contribution in [0.5, 0.6) is 11.5 Å². The average molecular weight is 435 g/mol. The van der Waals surface area contributed by atoms with Crippen LogP contribution in [0.25, 0.3) is 0 Å². The van der Waals surface area contributed by atoms with Crippen molar-refractivity contribution >= 4 is 11.6 Å². The Hall–Kier alpha value is -3.81. The molecule has 8 heteroatoms. The van der Waals surface area contributed by atoms with Crippen LogP contribution in [0.3, 0.4) is 0 Å². The van der Waals surface area contributed by atoms with Gasteiger partial charge in [-0.2, -0.15) is 0 Å². The van der Waals surface area contributed by atoms with Crippen LogP contribution in [-0.4, -0.2) is 30.2 Å². The highest BCUT2D eigenvalue weighted by atomic mass is 19.1. The maximum absolute atomic E-state index is 13.5. The van der Waals surface area contributed by atoms with Crippen molar-refractivity contribution in [2.24, 2.45) is 0 Å². The number of nitrogens with one attached hydrogen (secondary N) is 3. The molecule has 1 aliphatic carbocycles. The zero-order valence-electron chi connectivity index (χ0n) is 17.6. The Balaban J connectivity index is 1.58. The molecule has 7 nitrogen and oxygen atoms in total. The molecule has 1 aliphatic heterocycles. The zero-order chi connectivity index (χ0) is 22.4. The number of anilines is 1. The summed E-state index contributed by atoms with van der Waals surface area (Å²) in [5, 5.41) is 8.72. The summed E-state index contributed by atoms with van der Waals surface area (Å²) in [7, 11) is 3.16. The maximum Gasteiger partial charge on any atom is 0.270 e. The summed E-state index contributed by atoms with van der Waals surface area (Å²) in [6.45, 7) is 0. The van der Waals surface area contributed by atoms with E-state index in [4.69, 9.17) is 9.47 Å². The van der Waals surface area contributed by atoms with Crippen LogP contribution in [-0.2, 0) is 4.79 Å². The van der Waals surface area contributed by atoms with Crippen molar-refractivity contribution in [1.82, 2.24) is 10.2 Å². The molecule has 0 fully saturated rings. The monoisotopic (exact) mass is 435 g/mol. The third-order valence-electron chi connectivity index (χ3n) is 6.26. The maximum atomic E-state index is 13.5. The molecule has 0 radical (unpaired) electrons. The van der Waals surface area contributed by atoms with E-state index in [1.54, 1.807) is 26.4 Å². The number of H-pyrrole nitrogens is 2. The molecule has 32 heavy (non-hydrogen) atoms. The van der Waals surface area contributed by atoms with E-state index in [1.165, 1.54) is 12.1 Å². The van der Waals surface area contributed by atoms with Crippen LogP contribution in [0.2, 0.25) is 0 Å². The number of aromatic nitrogens is 2. The number of halogens is 1. The first kappa shape index (κ1) is 20.1. The van der Waals surface area contributed by atoms with Crippen LogP contribution in [0, 0.1) is 5.82 Å². The number of methoxy groups -OCH3 is 2. The molecule has 3 aromatic rings. The Labute approximate surface area is 183 Å². The van der Waals surface area contributed by atoms with E-state index >= 15 is 0 Å². The summed E-state index contributed by atoms with van der Waals surface area (Å²) in [6, 6.07) is 11.6. The van der Waals surface area contributed by atoms with Crippen molar-refractivity contribution in [3.05, 3.63) is 86.6 Å². The van der Waals surface area contributed by atoms with Gasteiger partial charge in [-0.15, -0.1) is 0 Å². The fraction of sp³-hybridized carbons (Fsp3) is 0.250. The number of fused-ring (bicyclic) bond motifs is 1. The fourth-order valence-electron chi connectivity index (χ4n) is 4.75. The molecule has 2 heterocycles. The molecular formula is C24H22FN3O4. The Kier molecular flexibility index (Phi) is 4.84. The molecule has 164 valence electrons. The highest BCUT2D eigenvalue weighted by molar-refractivity contribution is 6.01. The van der Waals surface area contributed by atoms with E-state index in [0.717, 1.165) is 11.3 Å². The van der Waals surface area contributed by atoms with E-state index in [0.29, 0.717) is 46.9 Å². The van der Waals surface area contributed by atoms with Crippen molar-refractivity contribution in [2.75, 3.05) is 19.5 Å². The Bertz CT molecular complexity index is 1290. The second-order valence-corrected chi connectivity index (χ2v) is 8.01. The lowest BCUT2D eigenvalue weighted by Crippen LogP contribution is -2.31. The number of ketones is 1. The first-order valence-corrected chi connectivity index (χ1v) is 10.3. The highest BCUT2D eigenvalue weighted by Crippen LogP contribution is 2.47. The average Bonchev–Trinajstić information content (AvgIpc) is 3.18. The summed E-state index contributed by atoms with van der Waals surface area (Å²) < 4.78 is 24.3. The minimum atomic E-state index is -0.560. The summed E-state index contributed by atoms with van der Waals surface area (Å²) in [5.41, 5.74) is 3.13. The van der Waals surface area contributed by atoms with Gasteiger partial charge in [0.2, 0.25) is 0 Å². The number of hydrogen-bond acceptors (Lipinski definition) is 5. The quantitative estimate of drug-likeness (QED) is 0.579. The molecule has 0 bridgehead atoms. The summed E-state index contributed by atoms with van der Waals surface area (Å²) in [5.74, 6) is 0.729. The Morgan fingerprint density at radius 1 is 0.906 bits per heavy atom. The zero-order valence-corrected chi connectivity index (χ0v) is 17.6. The molecule has 3 N–H and O–H groups in total. The van der Waals surface area contributed by atoms with Gasteiger partial charge >= 0.3 is 0 Å². The van der Waals surface area contributed by atoms with Crippen molar-refractivity contribution < 1.29 is 18.7 Å². The van der Waals surface area contributed by atoms with Gasteiger partial charge < -0.3 is 14.8 Å². The molecule has 0 unspecified atom stereocenters. The van der Waals surface area contributed by atoms with Crippen LogP contribution >= 0.6 is 0 Å². The van der Waals surface area contributed by atoms with E-state index in [-0.39, 0.29) is 23.1 Å². The first-order chi connectivity index (χ1) is 15.5. The number of benzene rings is 2. The molecule has 2 aromatic carbocycles. The number of Topliss-reactive ketones (excluding diaryl/α,β-unsaturated/α-hetero) is 1. The standard InChI is InChI=1S/C24H22FN3O4/c1-31-18-8-5-13(11-19(18)32-2)14-9-16-21(17(29)10-14)20(12-3-6-15(25)7-4-12)22-23(26-16)27-28-24(22)30/h3-8,11,14,20H,9-10H2,1-2H3,(H3,26,27,28,30)/t14-,20-/m0/s1. The smallest absolute Gasteiger partial charge is 0.270 e. The van der Waals surface area contributed by atoms with Gasteiger partial charge in [0.25, 0.3) is 5.56 Å². The number of rotatable bonds is 4. The SMILES string of the molecule is COc1ccc([C@@H]2CC(=O)C3=C(C2)Nc2[nH][nH]c(=O)c2[C@H]3c2ccc(F)cc2)cc1OC. The minimum absolute atomic E-state index is 0.0425. The third-order valence-corrected chi connectivity index (χ3v) is 6.26. The van der Waals surface area contributed by atoms with Gasteiger partial charge in [0.05, 0.1) is 19.8 Å². The summed E-state index contributed by atoms with van der Waals surface area (Å²) in [4.78, 5) is 26.0. The van der Waals surface area contributed by atoms with Crippen molar-refractivity contribution in [2.45, 2.75) is 24.7 Å². The number of carbonyl (C=O) groups is 1. The lowest BCUT2D eigenvalue weighted by molar-refractivity contribution is -0.116. The molecule has 0 spiro atoms. The second-order valence-electron chi connectivity index (χ2n) is 8.01. The van der Waals surface area contributed by atoms with Gasteiger partial charge in [-0.05, 0) is 47.7 Å². The molecule has 2 aliphatic rings. The van der Waals surface area contributed by atoms with Gasteiger partial charge in [0, 0.05) is 23.6 Å². The van der Waals surface area contributed by atoms with Gasteiger partial charge in [0.1, 0.15) is 11.6 Å². The number of allylic oxidation sites excluding steroid dienone is 2. The van der Waals surface area contributed by atoms with E-state index in [2.05, 4.69) is 15.5 Å². The number of hydrogen-bond donors (Lipinski definition) is 3. The largest absolute Gasteiger partial charge is 0.493 e. The minimum Gasteiger partial charge on any atom is -0.493 e. The van der Waals surface area contributed by atoms with Crippen LogP contribution in [0.4, 0.5) is 10.2 Å². The number of ether oxygens (including phenoxy) is 2. The summed E-state index contributed by atoms with van der Waals surface area (Å²) >= 11 is 0.